The largest absolute Gasteiger partial charge is 0.451 e. The number of aromatic nitrogens is 1. The van der Waals surface area contributed by atoms with Gasteiger partial charge in [-0.25, -0.2) is 4.39 Å². The molecular weight excluding hydrogens is 812 g/mol. The highest BCUT2D eigenvalue weighted by Gasteiger charge is 2.52. The number of furan rings is 1. The molecule has 0 bridgehead atoms. The van der Waals surface area contributed by atoms with Crippen molar-refractivity contribution in [2.45, 2.75) is 25.1 Å². The first-order valence-electron chi connectivity index (χ1n) is 22.5. The van der Waals surface area contributed by atoms with E-state index in [0.29, 0.717) is 5.58 Å². The summed E-state index contributed by atoms with van der Waals surface area (Å²) in [5, 5.41) is 10.3. The highest BCUT2D eigenvalue weighted by Crippen LogP contribution is 2.64. The minimum atomic E-state index is -1.64. The Balaban J connectivity index is 1.18. The fourth-order valence-corrected chi connectivity index (χ4v) is 13.0. The van der Waals surface area contributed by atoms with Crippen LogP contribution in [0.15, 0.2) is 199 Å². The number of nitrogens with zero attached hydrogens (tertiary/aromatic N) is 2. The molecule has 14 rings (SSSR count). The molecule has 0 amide bonds. The lowest BCUT2D eigenvalue weighted by Gasteiger charge is -2.40. The number of anilines is 3. The normalized spacial score (nSPS) is 15.1. The molecule has 2 aromatic heterocycles. The molecular formula is C60H41FN2OSi. The quantitative estimate of drug-likeness (QED) is 0.165. The Morgan fingerprint density at radius 1 is 0.477 bits per heavy atom. The third kappa shape index (κ3) is 4.72. The third-order valence-electron chi connectivity index (χ3n) is 14.6. The molecule has 0 saturated carbocycles. The van der Waals surface area contributed by atoms with Crippen molar-refractivity contribution >= 4 is 95.6 Å². The van der Waals surface area contributed by atoms with Crippen molar-refractivity contribution < 1.29 is 8.81 Å². The van der Waals surface area contributed by atoms with Gasteiger partial charge in [0.05, 0.1) is 41.6 Å². The Kier molecular flexibility index (Phi) is 7.31. The van der Waals surface area contributed by atoms with Gasteiger partial charge in [0.25, 0.3) is 0 Å². The highest BCUT2D eigenvalue weighted by molar-refractivity contribution is 6.88. The summed E-state index contributed by atoms with van der Waals surface area (Å²) in [5.74, 6) is -0.367. The van der Waals surface area contributed by atoms with E-state index in [4.69, 9.17) is 4.42 Å². The van der Waals surface area contributed by atoms with E-state index in [0.717, 1.165) is 33.2 Å². The van der Waals surface area contributed by atoms with Gasteiger partial charge in [-0.1, -0.05) is 176 Å². The molecule has 1 unspecified atom stereocenters. The van der Waals surface area contributed by atoms with E-state index in [1.54, 1.807) is 6.07 Å². The van der Waals surface area contributed by atoms with Gasteiger partial charge in [-0.15, -0.1) is 0 Å². The number of rotatable bonds is 4. The average molecular weight is 853 g/mol. The monoisotopic (exact) mass is 852 g/mol. The first kappa shape index (κ1) is 36.7. The Hall–Kier alpha value is -7.73. The van der Waals surface area contributed by atoms with Crippen LogP contribution in [0.2, 0.25) is 19.6 Å². The first-order valence-corrected chi connectivity index (χ1v) is 26.0. The van der Waals surface area contributed by atoms with Crippen LogP contribution in [-0.2, 0) is 5.41 Å². The predicted octanol–water partition coefficient (Wildman–Crippen LogP) is 15.8. The summed E-state index contributed by atoms with van der Waals surface area (Å²) in [6, 6.07) is 70.5. The molecule has 1 aliphatic heterocycles. The molecule has 3 nitrogen and oxygen atoms in total. The second-order valence-corrected chi connectivity index (χ2v) is 24.0. The summed E-state index contributed by atoms with van der Waals surface area (Å²) in [7, 11) is -1.64. The summed E-state index contributed by atoms with van der Waals surface area (Å²) in [6.07, 6.45) is 0. The van der Waals surface area contributed by atoms with Gasteiger partial charge >= 0.3 is 0 Å². The van der Waals surface area contributed by atoms with Crippen molar-refractivity contribution in [2.24, 2.45) is 0 Å². The first-order chi connectivity index (χ1) is 31.8. The number of halogens is 1. The molecule has 1 atom stereocenters. The molecule has 3 heterocycles. The van der Waals surface area contributed by atoms with E-state index in [1.807, 2.05) is 12.1 Å². The maximum atomic E-state index is 15.6. The molecule has 308 valence electrons. The van der Waals surface area contributed by atoms with E-state index >= 15 is 4.39 Å². The molecule has 5 heteroatoms. The Morgan fingerprint density at radius 3 is 1.94 bits per heavy atom. The van der Waals surface area contributed by atoms with Gasteiger partial charge in [0.2, 0.25) is 0 Å². The van der Waals surface area contributed by atoms with Crippen LogP contribution in [0.1, 0.15) is 22.3 Å². The van der Waals surface area contributed by atoms with Crippen molar-refractivity contribution in [3.63, 3.8) is 0 Å². The maximum absolute atomic E-state index is 15.6. The van der Waals surface area contributed by atoms with E-state index < -0.39 is 13.5 Å². The predicted molar refractivity (Wildman–Crippen MR) is 272 cm³/mol. The maximum Gasteiger partial charge on any atom is 0.171 e. The SMILES string of the molecule is C[Si](C)(C)c1ccc(N(c2cc3c(c4ccccc24)-c2c(ccc4ccccc24)C32c3ccccc3-n3c4ccccc4c4cccc2c43)c2cccc3c2oc2c(F)cccc23)cc1. The second-order valence-electron chi connectivity index (χ2n) is 18.9. The zero-order valence-electron chi connectivity index (χ0n) is 36.2. The number of hydrogen-bond acceptors (Lipinski definition) is 2. The van der Waals surface area contributed by atoms with Crippen molar-refractivity contribution in [2.75, 3.05) is 4.90 Å². The summed E-state index contributed by atoms with van der Waals surface area (Å²) in [4.78, 5) is 2.38. The minimum absolute atomic E-state index is 0.270. The summed E-state index contributed by atoms with van der Waals surface area (Å²) in [5.41, 5.74) is 14.3. The van der Waals surface area contributed by atoms with Gasteiger partial charge in [0.15, 0.2) is 17.0 Å². The summed E-state index contributed by atoms with van der Waals surface area (Å²) >= 11 is 0. The number of hydrogen-bond donors (Lipinski definition) is 0. The fraction of sp³-hybridized carbons (Fsp3) is 0.0667. The lowest BCUT2D eigenvalue weighted by atomic mass is 9.65. The molecule has 2 aliphatic rings. The Labute approximate surface area is 376 Å². The van der Waals surface area contributed by atoms with Crippen LogP contribution in [0.5, 0.6) is 0 Å². The lowest BCUT2D eigenvalue weighted by Crippen LogP contribution is -2.37. The van der Waals surface area contributed by atoms with Crippen LogP contribution < -0.4 is 10.1 Å². The minimum Gasteiger partial charge on any atom is -0.451 e. The van der Waals surface area contributed by atoms with Crippen LogP contribution in [0.4, 0.5) is 21.5 Å². The molecule has 10 aromatic carbocycles. The molecule has 0 N–H and O–H groups in total. The Bertz CT molecular complexity index is 4020. The zero-order chi connectivity index (χ0) is 43.3. The molecule has 1 aliphatic carbocycles. The molecule has 0 radical (unpaired) electrons. The van der Waals surface area contributed by atoms with Gasteiger partial charge in [-0.05, 0) is 92.0 Å². The zero-order valence-corrected chi connectivity index (χ0v) is 37.2. The van der Waals surface area contributed by atoms with Crippen LogP contribution in [-0.4, -0.2) is 12.6 Å². The number of para-hydroxylation sites is 5. The standard InChI is InChI=1S/C60H41FN2OSi/c1-65(2,3)38-32-30-37(31-33-38)62(53-28-14-22-45-44-21-13-25-50(61)58(44)64-59(45)53)54-35-49-56(42-19-7-6-17-40(42)54)55-39-16-5-4-15-36(39)29-34-47(55)60(49)46-23-9-11-27-52(46)63-51-26-10-8-18-41(51)43-20-12-24-48(60)57(43)63/h4-35H,1-3H3. The highest BCUT2D eigenvalue weighted by atomic mass is 28.3. The fourth-order valence-electron chi connectivity index (χ4n) is 11.9. The van der Waals surface area contributed by atoms with E-state index in [2.05, 4.69) is 199 Å². The smallest absolute Gasteiger partial charge is 0.171 e. The van der Waals surface area contributed by atoms with E-state index in [1.165, 1.54) is 88.3 Å². The van der Waals surface area contributed by atoms with Crippen LogP contribution in [0.3, 0.4) is 0 Å². The Morgan fingerprint density at radius 2 is 1.11 bits per heavy atom. The van der Waals surface area contributed by atoms with Crippen molar-refractivity contribution in [1.29, 1.82) is 0 Å². The molecule has 12 aromatic rings. The average Bonchev–Trinajstić information content (AvgIpc) is 3.99. The van der Waals surface area contributed by atoms with Gasteiger partial charge in [0, 0.05) is 32.6 Å². The van der Waals surface area contributed by atoms with Gasteiger partial charge in [-0.2, -0.15) is 0 Å². The molecule has 65 heavy (non-hydrogen) atoms. The van der Waals surface area contributed by atoms with Gasteiger partial charge in [0.1, 0.15) is 0 Å². The lowest BCUT2D eigenvalue weighted by molar-refractivity contribution is 0.584. The second kappa shape index (κ2) is 12.9. The van der Waals surface area contributed by atoms with Gasteiger partial charge in [-0.3, -0.25) is 0 Å². The molecule has 1 spiro atoms. The van der Waals surface area contributed by atoms with Crippen LogP contribution in [0, 0.1) is 5.82 Å². The third-order valence-corrected chi connectivity index (χ3v) is 16.7. The van der Waals surface area contributed by atoms with Crippen LogP contribution >= 0.6 is 0 Å². The molecule has 0 saturated heterocycles. The summed E-state index contributed by atoms with van der Waals surface area (Å²) < 4.78 is 24.8. The summed E-state index contributed by atoms with van der Waals surface area (Å²) in [6.45, 7) is 7.17. The number of fused-ring (bicyclic) bond motifs is 19. The van der Waals surface area contributed by atoms with Gasteiger partial charge < -0.3 is 13.9 Å². The van der Waals surface area contributed by atoms with Crippen LogP contribution in [0.25, 0.3) is 82.1 Å². The molecule has 0 fully saturated rings. The van der Waals surface area contributed by atoms with Crippen molar-refractivity contribution in [3.8, 4) is 16.8 Å². The van der Waals surface area contributed by atoms with Crippen molar-refractivity contribution in [3.05, 3.63) is 222 Å². The number of benzene rings is 10. The van der Waals surface area contributed by atoms with E-state index in [-0.39, 0.29) is 11.4 Å². The van der Waals surface area contributed by atoms with Crippen molar-refractivity contribution in [1.82, 2.24) is 4.57 Å². The topological polar surface area (TPSA) is 21.3 Å². The van der Waals surface area contributed by atoms with E-state index in [9.17, 15) is 0 Å².